The van der Waals surface area contributed by atoms with Crippen LogP contribution in [0.5, 0.6) is 0 Å². The van der Waals surface area contributed by atoms with Crippen molar-refractivity contribution in [3.05, 3.63) is 0 Å². The summed E-state index contributed by atoms with van der Waals surface area (Å²) in [7, 11) is 0. The number of rotatable bonds is 13. The van der Waals surface area contributed by atoms with Crippen molar-refractivity contribution in [2.45, 2.75) is 127 Å². The normalized spacial score (nSPS) is 35.1. The van der Waals surface area contributed by atoms with Gasteiger partial charge in [-0.3, -0.25) is 14.4 Å². The summed E-state index contributed by atoms with van der Waals surface area (Å²) in [5.41, 5.74) is 3.17. The Morgan fingerprint density at radius 1 is 0.600 bits per heavy atom. The predicted octanol–water partition coefficient (Wildman–Crippen LogP) is 4.06. The highest BCUT2D eigenvalue weighted by Crippen LogP contribution is 2.32. The number of ether oxygens (including phenoxy) is 2. The van der Waals surface area contributed by atoms with Crippen molar-refractivity contribution in [1.29, 1.82) is 0 Å². The summed E-state index contributed by atoms with van der Waals surface area (Å²) >= 11 is 0. The summed E-state index contributed by atoms with van der Waals surface area (Å²) in [6, 6.07) is 0.390. The third-order valence-corrected chi connectivity index (χ3v) is 9.68. The van der Waals surface area contributed by atoms with Crippen LogP contribution in [0.15, 0.2) is 0 Å². The molecule has 0 radical (unpaired) electrons. The Labute approximate surface area is 238 Å². The summed E-state index contributed by atoms with van der Waals surface area (Å²) in [4.78, 5) is 41.5. The van der Waals surface area contributed by atoms with Crippen molar-refractivity contribution in [2.24, 2.45) is 23.7 Å². The number of carbonyl (C=O) groups excluding carboxylic acids is 1. The van der Waals surface area contributed by atoms with Gasteiger partial charge < -0.3 is 29.8 Å². The molecule has 4 fully saturated rings. The van der Waals surface area contributed by atoms with E-state index in [1.807, 2.05) is 0 Å². The number of amides is 1. The SMILES string of the molecule is O=C(O)C1CCCCC1CONC1CCC(OCCOC2CCC(NC(=O)C3CCCCC3C(=O)O)CC2)CC1. The summed E-state index contributed by atoms with van der Waals surface area (Å²) in [6.45, 7) is 1.61. The van der Waals surface area contributed by atoms with E-state index in [2.05, 4.69) is 10.8 Å². The van der Waals surface area contributed by atoms with Crippen LogP contribution >= 0.6 is 0 Å². The first kappa shape index (κ1) is 31.2. The molecule has 4 atom stereocenters. The molecule has 0 aromatic carbocycles. The number of hydrogen-bond donors (Lipinski definition) is 4. The molecule has 40 heavy (non-hydrogen) atoms. The molecule has 0 saturated heterocycles. The number of nitrogens with one attached hydrogen (secondary N) is 2. The first-order valence-corrected chi connectivity index (χ1v) is 15.8. The Bertz CT molecular complexity index is 810. The molecule has 4 aliphatic rings. The van der Waals surface area contributed by atoms with Gasteiger partial charge in [0.25, 0.3) is 0 Å². The number of carboxylic acids is 2. The van der Waals surface area contributed by atoms with Crippen molar-refractivity contribution in [3.63, 3.8) is 0 Å². The summed E-state index contributed by atoms with van der Waals surface area (Å²) in [5, 5.41) is 22.0. The topological polar surface area (TPSA) is 143 Å². The molecule has 10 heteroatoms. The third-order valence-electron chi connectivity index (χ3n) is 9.68. The van der Waals surface area contributed by atoms with E-state index in [-0.39, 0.29) is 42.0 Å². The van der Waals surface area contributed by atoms with E-state index in [1.54, 1.807) is 0 Å². The van der Waals surface area contributed by atoms with Crippen LogP contribution in [-0.4, -0.2) is 72.2 Å². The monoisotopic (exact) mass is 566 g/mol. The highest BCUT2D eigenvalue weighted by molar-refractivity contribution is 5.85. The van der Waals surface area contributed by atoms with Gasteiger partial charge in [0.05, 0.1) is 49.8 Å². The Morgan fingerprint density at radius 3 is 1.68 bits per heavy atom. The number of hydroxylamine groups is 1. The summed E-state index contributed by atoms with van der Waals surface area (Å²) in [5.74, 6) is -2.76. The second kappa shape index (κ2) is 16.0. The molecular weight excluding hydrogens is 516 g/mol. The maximum absolute atomic E-state index is 12.7. The van der Waals surface area contributed by atoms with Gasteiger partial charge in [0.15, 0.2) is 0 Å². The van der Waals surface area contributed by atoms with Crippen LogP contribution in [0.2, 0.25) is 0 Å². The fourth-order valence-electron chi connectivity index (χ4n) is 7.20. The maximum atomic E-state index is 12.7. The van der Waals surface area contributed by atoms with E-state index in [1.165, 1.54) is 0 Å². The minimum atomic E-state index is -0.847. The molecule has 10 nitrogen and oxygen atoms in total. The molecule has 0 aromatic heterocycles. The highest BCUT2D eigenvalue weighted by atomic mass is 16.6. The van der Waals surface area contributed by atoms with Gasteiger partial charge in [-0.05, 0) is 83.0 Å². The number of carboxylic acid groups (broad SMARTS) is 2. The average molecular weight is 567 g/mol. The fourth-order valence-corrected chi connectivity index (χ4v) is 7.20. The molecule has 0 aromatic rings. The van der Waals surface area contributed by atoms with Crippen molar-refractivity contribution in [2.75, 3.05) is 19.8 Å². The van der Waals surface area contributed by atoms with E-state index in [9.17, 15) is 24.6 Å². The lowest BCUT2D eigenvalue weighted by Gasteiger charge is -2.33. The van der Waals surface area contributed by atoms with E-state index in [0.29, 0.717) is 32.7 Å². The molecule has 0 bridgehead atoms. The lowest BCUT2D eigenvalue weighted by molar-refractivity contribution is -0.149. The largest absolute Gasteiger partial charge is 0.481 e. The van der Waals surface area contributed by atoms with Crippen molar-refractivity contribution >= 4 is 17.8 Å². The highest BCUT2D eigenvalue weighted by Gasteiger charge is 2.37. The smallest absolute Gasteiger partial charge is 0.307 e. The molecule has 4 aliphatic carbocycles. The van der Waals surface area contributed by atoms with Crippen LogP contribution < -0.4 is 10.8 Å². The number of hydrogen-bond acceptors (Lipinski definition) is 7. The molecule has 4 saturated carbocycles. The third kappa shape index (κ3) is 9.39. The van der Waals surface area contributed by atoms with E-state index < -0.39 is 23.8 Å². The fraction of sp³-hybridized carbons (Fsp3) is 0.900. The van der Waals surface area contributed by atoms with Crippen LogP contribution in [0.3, 0.4) is 0 Å². The molecule has 4 rings (SSSR count). The van der Waals surface area contributed by atoms with Gasteiger partial charge in [-0.2, -0.15) is 5.48 Å². The molecule has 0 aliphatic heterocycles. The van der Waals surface area contributed by atoms with Crippen LogP contribution in [0.4, 0.5) is 0 Å². The van der Waals surface area contributed by atoms with Crippen LogP contribution in [0.25, 0.3) is 0 Å². The lowest BCUT2D eigenvalue weighted by Crippen LogP contribution is -2.45. The second-order valence-electron chi connectivity index (χ2n) is 12.5. The molecule has 0 heterocycles. The minimum absolute atomic E-state index is 0.0857. The van der Waals surface area contributed by atoms with Gasteiger partial charge in [0.1, 0.15) is 0 Å². The zero-order valence-corrected chi connectivity index (χ0v) is 23.9. The Hall–Kier alpha value is -1.75. The van der Waals surface area contributed by atoms with Gasteiger partial charge >= 0.3 is 11.9 Å². The molecule has 1 amide bonds. The van der Waals surface area contributed by atoms with Gasteiger partial charge in [-0.1, -0.05) is 25.7 Å². The lowest BCUT2D eigenvalue weighted by atomic mass is 9.78. The van der Waals surface area contributed by atoms with Crippen molar-refractivity contribution in [1.82, 2.24) is 10.8 Å². The minimum Gasteiger partial charge on any atom is -0.481 e. The molecular formula is C30H50N2O8. The summed E-state index contributed by atoms with van der Waals surface area (Å²) < 4.78 is 12.1. The van der Waals surface area contributed by atoms with Gasteiger partial charge in [0.2, 0.25) is 5.91 Å². The van der Waals surface area contributed by atoms with E-state index in [0.717, 1.165) is 89.9 Å². The number of aliphatic carboxylic acids is 2. The number of carbonyl (C=O) groups is 3. The molecule has 228 valence electrons. The second-order valence-corrected chi connectivity index (χ2v) is 12.5. The molecule has 0 spiro atoms. The average Bonchev–Trinajstić information content (AvgIpc) is 2.97. The van der Waals surface area contributed by atoms with Crippen molar-refractivity contribution < 1.29 is 38.9 Å². The van der Waals surface area contributed by atoms with Crippen LogP contribution in [0.1, 0.15) is 103 Å². The Kier molecular flexibility index (Phi) is 12.5. The zero-order valence-electron chi connectivity index (χ0n) is 23.9. The van der Waals surface area contributed by atoms with Gasteiger partial charge in [-0.15, -0.1) is 0 Å². The van der Waals surface area contributed by atoms with Crippen LogP contribution in [0, 0.1) is 23.7 Å². The van der Waals surface area contributed by atoms with Gasteiger partial charge in [0, 0.05) is 12.1 Å². The Balaban J connectivity index is 1.02. The van der Waals surface area contributed by atoms with Crippen molar-refractivity contribution in [3.8, 4) is 0 Å². The van der Waals surface area contributed by atoms with E-state index >= 15 is 0 Å². The molecule has 4 unspecified atom stereocenters. The van der Waals surface area contributed by atoms with Gasteiger partial charge in [-0.25, -0.2) is 0 Å². The first-order chi connectivity index (χ1) is 19.4. The zero-order chi connectivity index (χ0) is 28.3. The van der Waals surface area contributed by atoms with E-state index in [4.69, 9.17) is 14.3 Å². The maximum Gasteiger partial charge on any atom is 0.307 e. The quantitative estimate of drug-likeness (QED) is 0.192. The summed E-state index contributed by atoms with van der Waals surface area (Å²) in [6.07, 6.45) is 14.6. The first-order valence-electron chi connectivity index (χ1n) is 15.8. The Morgan fingerprint density at radius 2 is 1.10 bits per heavy atom. The van der Waals surface area contributed by atoms with Crippen LogP contribution in [-0.2, 0) is 28.7 Å². The molecule has 4 N–H and O–H groups in total. The predicted molar refractivity (Wildman–Crippen MR) is 147 cm³/mol. The standard InChI is InChI=1S/C30H50N2O8/c33-28(26-7-3-4-8-27(26)30(36)37)31-21-9-13-23(14-10-21)38-17-18-39-24-15-11-22(12-16-24)32-40-19-20-5-1-2-6-25(20)29(34)35/h20-27,32H,1-19H2,(H,31,33)(H,34,35)(H,36,37).